The number of anilines is 1. The van der Waals surface area contributed by atoms with E-state index in [1.54, 1.807) is 6.20 Å². The van der Waals surface area contributed by atoms with Crippen molar-refractivity contribution < 1.29 is 0 Å². The Hall–Kier alpha value is -2.46. The number of nitrogens with one attached hydrogen (secondary N) is 2. The molecule has 2 heterocycles. The highest BCUT2D eigenvalue weighted by Gasteiger charge is 2.30. The molecule has 4 nitrogen and oxygen atoms in total. The number of hydrogen-bond acceptors (Lipinski definition) is 4. The summed E-state index contributed by atoms with van der Waals surface area (Å²) in [4.78, 5) is 8.98. The van der Waals surface area contributed by atoms with Gasteiger partial charge in [-0.1, -0.05) is 36.4 Å². The minimum Gasteiger partial charge on any atom is -0.348 e. The smallest absolute Gasteiger partial charge is 0.127 e. The zero-order valence-corrected chi connectivity index (χ0v) is 13.5. The number of benzene rings is 1. The molecule has 1 unspecified atom stereocenters. The van der Waals surface area contributed by atoms with Crippen molar-refractivity contribution in [2.75, 3.05) is 5.32 Å². The predicted octanol–water partition coefficient (Wildman–Crippen LogP) is 3.70. The highest BCUT2D eigenvalue weighted by atomic mass is 15.2. The molecule has 118 valence electrons. The van der Waals surface area contributed by atoms with E-state index in [2.05, 4.69) is 52.7 Å². The van der Waals surface area contributed by atoms with Gasteiger partial charge in [0, 0.05) is 24.9 Å². The van der Waals surface area contributed by atoms with Crippen LogP contribution in [0.1, 0.15) is 25.8 Å². The number of nitrogens with zero attached hydrogens (tertiary/aromatic N) is 2. The second-order valence-corrected chi connectivity index (χ2v) is 6.02. The van der Waals surface area contributed by atoms with Crippen LogP contribution in [0, 0.1) is 0 Å². The quantitative estimate of drug-likeness (QED) is 0.828. The maximum absolute atomic E-state index is 4.58. The van der Waals surface area contributed by atoms with E-state index in [-0.39, 0.29) is 0 Å². The van der Waals surface area contributed by atoms with Crippen molar-refractivity contribution in [1.29, 1.82) is 0 Å². The molecule has 1 aromatic carbocycles. The maximum Gasteiger partial charge on any atom is 0.127 e. The third-order valence-corrected chi connectivity index (χ3v) is 3.66. The second kappa shape index (κ2) is 6.75. The molecule has 23 heavy (non-hydrogen) atoms. The van der Waals surface area contributed by atoms with E-state index in [1.165, 1.54) is 0 Å². The number of pyridine rings is 1. The summed E-state index contributed by atoms with van der Waals surface area (Å²) in [6, 6.07) is 16.4. The first-order chi connectivity index (χ1) is 11.2. The van der Waals surface area contributed by atoms with Gasteiger partial charge in [0.1, 0.15) is 11.5 Å². The minimum atomic E-state index is -0.393. The van der Waals surface area contributed by atoms with Crippen molar-refractivity contribution in [2.24, 2.45) is 4.99 Å². The normalized spacial score (nSPS) is 20.4. The Balaban J connectivity index is 1.95. The fourth-order valence-electron chi connectivity index (χ4n) is 2.79. The summed E-state index contributed by atoms with van der Waals surface area (Å²) < 4.78 is 0. The fraction of sp³-hybridized carbons (Fsp3) is 0.263. The van der Waals surface area contributed by atoms with Gasteiger partial charge < -0.3 is 5.32 Å². The van der Waals surface area contributed by atoms with E-state index in [0.717, 1.165) is 23.5 Å². The van der Waals surface area contributed by atoms with E-state index in [9.17, 15) is 0 Å². The van der Waals surface area contributed by atoms with Crippen LogP contribution < -0.4 is 10.6 Å². The van der Waals surface area contributed by atoms with E-state index in [0.29, 0.717) is 6.04 Å². The average molecular weight is 306 g/mol. The first-order valence-corrected chi connectivity index (χ1v) is 7.95. The van der Waals surface area contributed by atoms with Gasteiger partial charge in [-0.2, -0.15) is 0 Å². The van der Waals surface area contributed by atoms with Gasteiger partial charge in [-0.25, -0.2) is 4.98 Å². The third kappa shape index (κ3) is 3.85. The van der Waals surface area contributed by atoms with Gasteiger partial charge in [0.05, 0.1) is 5.70 Å². The molecule has 0 saturated heterocycles. The van der Waals surface area contributed by atoms with Crippen LogP contribution in [0.4, 0.5) is 5.82 Å². The molecular weight excluding hydrogens is 284 g/mol. The molecule has 0 spiro atoms. The van der Waals surface area contributed by atoms with Crippen LogP contribution in [0.15, 0.2) is 65.8 Å². The molecule has 0 bridgehead atoms. The molecule has 0 saturated carbocycles. The molecule has 0 aliphatic carbocycles. The molecule has 1 aromatic heterocycles. The molecule has 2 aromatic rings. The van der Waals surface area contributed by atoms with Gasteiger partial charge in [-0.05, 0) is 37.6 Å². The standard InChI is InChI=1S/C19H22N4/c1-15(2)22-19(23-18-10-6-7-12-21-18)11-13-20-17(14-19)16-8-4-3-5-9-16/h3-10,12-15,22H,11H2,1-2H3,(H,21,23). The van der Waals surface area contributed by atoms with E-state index >= 15 is 0 Å². The van der Waals surface area contributed by atoms with Gasteiger partial charge in [-0.3, -0.25) is 10.3 Å². The highest BCUT2D eigenvalue weighted by molar-refractivity contribution is 5.79. The summed E-state index contributed by atoms with van der Waals surface area (Å²) in [5.41, 5.74) is 1.68. The largest absolute Gasteiger partial charge is 0.348 e. The zero-order chi connectivity index (χ0) is 16.1. The van der Waals surface area contributed by atoms with Crippen molar-refractivity contribution in [3.63, 3.8) is 0 Å². The lowest BCUT2D eigenvalue weighted by Gasteiger charge is -2.36. The van der Waals surface area contributed by atoms with Gasteiger partial charge in [0.2, 0.25) is 0 Å². The number of hydrogen-bond donors (Lipinski definition) is 2. The summed E-state index contributed by atoms with van der Waals surface area (Å²) in [7, 11) is 0. The molecule has 1 atom stereocenters. The predicted molar refractivity (Wildman–Crippen MR) is 96.4 cm³/mol. The first-order valence-electron chi connectivity index (χ1n) is 7.95. The van der Waals surface area contributed by atoms with Crippen molar-refractivity contribution in [3.8, 4) is 0 Å². The Bertz CT molecular complexity index is 692. The number of aromatic nitrogens is 1. The summed E-state index contributed by atoms with van der Waals surface area (Å²) in [5, 5.41) is 7.16. The topological polar surface area (TPSA) is 49.3 Å². The van der Waals surface area contributed by atoms with Crippen LogP contribution in [0.3, 0.4) is 0 Å². The van der Waals surface area contributed by atoms with Gasteiger partial charge in [0.25, 0.3) is 0 Å². The van der Waals surface area contributed by atoms with E-state index < -0.39 is 5.66 Å². The second-order valence-electron chi connectivity index (χ2n) is 6.02. The summed E-state index contributed by atoms with van der Waals surface area (Å²) in [5.74, 6) is 0.847. The minimum absolute atomic E-state index is 0.325. The van der Waals surface area contributed by atoms with Crippen LogP contribution in [0.5, 0.6) is 0 Å². The molecule has 2 N–H and O–H groups in total. The zero-order valence-electron chi connectivity index (χ0n) is 13.5. The highest BCUT2D eigenvalue weighted by Crippen LogP contribution is 2.27. The SMILES string of the molecule is CC(C)NC1(Nc2ccccn2)C=C(c2ccccc2)N=CC1. The van der Waals surface area contributed by atoms with Gasteiger partial charge >= 0.3 is 0 Å². The van der Waals surface area contributed by atoms with Gasteiger partial charge in [0.15, 0.2) is 0 Å². The molecule has 1 aliphatic heterocycles. The van der Waals surface area contributed by atoms with Crippen LogP contribution in [0.25, 0.3) is 5.70 Å². The Morgan fingerprint density at radius 1 is 1.04 bits per heavy atom. The monoisotopic (exact) mass is 306 g/mol. The number of aliphatic imine (C=N–C) groups is 1. The number of rotatable bonds is 5. The lowest BCUT2D eigenvalue weighted by atomic mass is 9.98. The van der Waals surface area contributed by atoms with Crippen molar-refractivity contribution in [3.05, 3.63) is 66.4 Å². The van der Waals surface area contributed by atoms with E-state index in [1.807, 2.05) is 42.6 Å². The lowest BCUT2D eigenvalue weighted by Crippen LogP contribution is -2.54. The molecule has 0 amide bonds. The van der Waals surface area contributed by atoms with Gasteiger partial charge in [-0.15, -0.1) is 0 Å². The Labute approximate surface area is 137 Å². The van der Waals surface area contributed by atoms with E-state index in [4.69, 9.17) is 0 Å². The first kappa shape index (κ1) is 15.4. The lowest BCUT2D eigenvalue weighted by molar-refractivity contribution is 0.418. The Kier molecular flexibility index (Phi) is 4.53. The molecule has 3 rings (SSSR count). The van der Waals surface area contributed by atoms with Crippen molar-refractivity contribution in [2.45, 2.75) is 32.0 Å². The summed E-state index contributed by atoms with van der Waals surface area (Å²) >= 11 is 0. The van der Waals surface area contributed by atoms with Crippen LogP contribution in [-0.2, 0) is 0 Å². The maximum atomic E-state index is 4.58. The molecule has 1 aliphatic rings. The summed E-state index contributed by atoms with van der Waals surface area (Å²) in [6.45, 7) is 4.28. The molecular formula is C19H22N4. The molecule has 4 heteroatoms. The van der Waals surface area contributed by atoms with Crippen LogP contribution in [-0.4, -0.2) is 22.9 Å². The van der Waals surface area contributed by atoms with Crippen molar-refractivity contribution in [1.82, 2.24) is 10.3 Å². The fourth-order valence-corrected chi connectivity index (χ4v) is 2.79. The van der Waals surface area contributed by atoms with Crippen LogP contribution in [0.2, 0.25) is 0 Å². The van der Waals surface area contributed by atoms with Crippen LogP contribution >= 0.6 is 0 Å². The third-order valence-electron chi connectivity index (χ3n) is 3.66. The molecule has 0 fully saturated rings. The average Bonchev–Trinajstić information content (AvgIpc) is 2.56. The Morgan fingerprint density at radius 3 is 2.52 bits per heavy atom. The summed E-state index contributed by atoms with van der Waals surface area (Å²) in [6.07, 6.45) is 6.69. The molecule has 0 radical (unpaired) electrons. The Morgan fingerprint density at radius 2 is 1.83 bits per heavy atom. The van der Waals surface area contributed by atoms with Crippen molar-refractivity contribution >= 4 is 17.7 Å².